The highest BCUT2D eigenvalue weighted by molar-refractivity contribution is 6.64. The molecule has 0 aliphatic carbocycles. The van der Waals surface area contributed by atoms with Crippen molar-refractivity contribution in [3.8, 4) is 12.2 Å². The first-order chi connectivity index (χ1) is 4.16. The van der Waals surface area contributed by atoms with Gasteiger partial charge in [-0.3, -0.25) is 0 Å². The lowest BCUT2D eigenvalue weighted by molar-refractivity contribution is 1.04. The van der Waals surface area contributed by atoms with Crippen LogP contribution in [0.1, 0.15) is 20.8 Å². The van der Waals surface area contributed by atoms with Crippen molar-refractivity contribution < 1.29 is 0 Å². The van der Waals surface area contributed by atoms with Crippen LogP contribution in [0.15, 0.2) is 0 Å². The van der Waals surface area contributed by atoms with E-state index in [-0.39, 0.29) is 0 Å². The van der Waals surface area contributed by atoms with Crippen molar-refractivity contribution in [2.75, 3.05) is 0 Å². The van der Waals surface area contributed by atoms with Crippen LogP contribution in [0.4, 0.5) is 0 Å². The van der Waals surface area contributed by atoms with Gasteiger partial charge >= 0.3 is 0 Å². The molecule has 0 aliphatic heterocycles. The SMILES string of the molecule is C#C[B]C(C)[B]C(C)C. The first-order valence-electron chi connectivity index (χ1n) is 3.31. The van der Waals surface area contributed by atoms with Crippen molar-refractivity contribution >= 4 is 14.6 Å². The summed E-state index contributed by atoms with van der Waals surface area (Å²) >= 11 is 0. The maximum Gasteiger partial charge on any atom is 0.210 e. The smallest absolute Gasteiger partial charge is 0.167 e. The molecule has 0 aromatic carbocycles. The van der Waals surface area contributed by atoms with Crippen molar-refractivity contribution in [3.05, 3.63) is 0 Å². The van der Waals surface area contributed by atoms with E-state index < -0.39 is 0 Å². The lowest BCUT2D eigenvalue weighted by Crippen LogP contribution is -2.08. The molecule has 9 heavy (non-hydrogen) atoms. The Labute approximate surface area is 59.9 Å². The molecule has 0 aliphatic rings. The van der Waals surface area contributed by atoms with Crippen LogP contribution in [0, 0.1) is 12.2 Å². The molecule has 0 aromatic rings. The summed E-state index contributed by atoms with van der Waals surface area (Å²) in [6.45, 7) is 6.40. The molecule has 2 radical (unpaired) electrons. The fraction of sp³-hybridized carbons (Fsp3) is 0.714. The Morgan fingerprint density at radius 2 is 1.89 bits per heavy atom. The molecule has 0 heterocycles. The van der Waals surface area contributed by atoms with Crippen LogP contribution < -0.4 is 0 Å². The maximum absolute atomic E-state index is 5.08. The molecule has 0 nitrogen and oxygen atoms in total. The Morgan fingerprint density at radius 3 is 2.22 bits per heavy atom. The Hall–Kier alpha value is -0.310. The van der Waals surface area contributed by atoms with Crippen LogP contribution >= 0.6 is 0 Å². The minimum Gasteiger partial charge on any atom is -0.167 e. The van der Waals surface area contributed by atoms with E-state index in [1.165, 1.54) is 0 Å². The van der Waals surface area contributed by atoms with E-state index in [0.29, 0.717) is 11.5 Å². The van der Waals surface area contributed by atoms with E-state index in [1.807, 2.05) is 7.28 Å². The topological polar surface area (TPSA) is 0 Å². The summed E-state index contributed by atoms with van der Waals surface area (Å²) in [5, 5.41) is 0. The first kappa shape index (κ1) is 8.69. The number of rotatable bonds is 3. The zero-order chi connectivity index (χ0) is 7.28. The predicted molar refractivity (Wildman–Crippen MR) is 44.9 cm³/mol. The fourth-order valence-electron chi connectivity index (χ4n) is 0.814. The van der Waals surface area contributed by atoms with E-state index in [2.05, 4.69) is 33.9 Å². The Balaban J connectivity index is 3.29. The second kappa shape index (κ2) is 4.56. The second-order valence-corrected chi connectivity index (χ2v) is 2.63. The van der Waals surface area contributed by atoms with Crippen molar-refractivity contribution in [2.45, 2.75) is 32.3 Å². The zero-order valence-corrected chi connectivity index (χ0v) is 6.39. The largest absolute Gasteiger partial charge is 0.210 e. The van der Waals surface area contributed by atoms with Crippen molar-refractivity contribution in [2.24, 2.45) is 0 Å². The number of terminal acetylenes is 1. The van der Waals surface area contributed by atoms with Gasteiger partial charge in [0.2, 0.25) is 7.28 Å². The summed E-state index contributed by atoms with van der Waals surface area (Å²) in [5.74, 6) is 3.15. The van der Waals surface area contributed by atoms with Crippen molar-refractivity contribution in [1.29, 1.82) is 0 Å². The van der Waals surface area contributed by atoms with Gasteiger partial charge in [-0.05, 0) is 0 Å². The van der Waals surface area contributed by atoms with Gasteiger partial charge in [0.05, 0.1) is 0 Å². The monoisotopic (exact) mass is 118 g/mol. The Morgan fingerprint density at radius 1 is 1.33 bits per heavy atom. The molecule has 0 fully saturated rings. The highest BCUT2D eigenvalue weighted by atomic mass is 13.8. The Bertz CT molecular complexity index is 102. The molecule has 1 unspecified atom stereocenters. The summed E-state index contributed by atoms with van der Waals surface area (Å²) < 4.78 is 0. The van der Waals surface area contributed by atoms with Crippen LogP contribution in [-0.4, -0.2) is 14.6 Å². The van der Waals surface area contributed by atoms with Gasteiger partial charge in [0.25, 0.3) is 0 Å². The Kier molecular flexibility index (Phi) is 4.40. The maximum atomic E-state index is 5.08. The van der Waals surface area contributed by atoms with Crippen LogP contribution in [0.5, 0.6) is 0 Å². The van der Waals surface area contributed by atoms with Crippen molar-refractivity contribution in [3.63, 3.8) is 0 Å². The summed E-state index contributed by atoms with van der Waals surface area (Å²) in [6.07, 6.45) is 5.08. The molecule has 0 saturated heterocycles. The molecule has 0 saturated carbocycles. The van der Waals surface area contributed by atoms with Gasteiger partial charge in [-0.1, -0.05) is 32.3 Å². The van der Waals surface area contributed by atoms with Gasteiger partial charge in [-0.15, -0.1) is 6.42 Å². The summed E-state index contributed by atoms with van der Waals surface area (Å²) in [7, 11) is 4.08. The van der Waals surface area contributed by atoms with Crippen LogP contribution in [-0.2, 0) is 0 Å². The fourth-order valence-corrected chi connectivity index (χ4v) is 0.814. The van der Waals surface area contributed by atoms with E-state index >= 15 is 0 Å². The summed E-state index contributed by atoms with van der Waals surface area (Å²) in [5.41, 5.74) is 0.454. The van der Waals surface area contributed by atoms with E-state index in [9.17, 15) is 0 Å². The third-order valence-electron chi connectivity index (χ3n) is 1.05. The van der Waals surface area contributed by atoms with Gasteiger partial charge in [0.1, 0.15) is 7.28 Å². The van der Waals surface area contributed by atoms with E-state index in [4.69, 9.17) is 6.42 Å². The summed E-state index contributed by atoms with van der Waals surface area (Å²) in [4.78, 5) is 0. The minimum absolute atomic E-state index is 0.454. The van der Waals surface area contributed by atoms with Crippen LogP contribution in [0.2, 0.25) is 11.5 Å². The molecule has 1 atom stereocenters. The molecule has 0 N–H and O–H groups in total. The third kappa shape index (κ3) is 5.56. The van der Waals surface area contributed by atoms with Gasteiger partial charge in [0, 0.05) is 0 Å². The standard InChI is InChI=1S/C7H12B2/c1-5-8-7(4)9-6(2)3/h1,6-7H,2-4H3. The normalized spacial score (nSPS) is 12.3. The van der Waals surface area contributed by atoms with Crippen LogP contribution in [0.25, 0.3) is 0 Å². The lowest BCUT2D eigenvalue weighted by atomic mass is 9.42. The quantitative estimate of drug-likeness (QED) is 0.389. The first-order valence-corrected chi connectivity index (χ1v) is 3.31. The van der Waals surface area contributed by atoms with E-state index in [1.54, 1.807) is 0 Å². The average Bonchev–Trinajstić information content (AvgIpc) is 1.63. The second-order valence-electron chi connectivity index (χ2n) is 2.63. The highest BCUT2D eigenvalue weighted by Gasteiger charge is 2.05. The van der Waals surface area contributed by atoms with Gasteiger partial charge < -0.3 is 0 Å². The zero-order valence-electron chi connectivity index (χ0n) is 6.39. The molecule has 0 rings (SSSR count). The van der Waals surface area contributed by atoms with Crippen LogP contribution in [0.3, 0.4) is 0 Å². The highest BCUT2D eigenvalue weighted by Crippen LogP contribution is 2.07. The average molecular weight is 118 g/mol. The lowest BCUT2D eigenvalue weighted by Gasteiger charge is -2.06. The molecule has 2 heteroatoms. The van der Waals surface area contributed by atoms with E-state index in [0.717, 1.165) is 0 Å². The molecule has 0 aromatic heterocycles. The van der Waals surface area contributed by atoms with Gasteiger partial charge in [-0.25, -0.2) is 0 Å². The van der Waals surface area contributed by atoms with Gasteiger partial charge in [-0.2, -0.15) is 5.82 Å². The molecule has 46 valence electrons. The predicted octanol–water partition coefficient (Wildman–Crippen LogP) is 1.58. The summed E-state index contributed by atoms with van der Waals surface area (Å²) in [6, 6.07) is 0. The molecule has 0 spiro atoms. The number of hydrogen-bond donors (Lipinski definition) is 0. The third-order valence-corrected chi connectivity index (χ3v) is 1.05. The molecular formula is C7H12B2. The molecular weight excluding hydrogens is 106 g/mol. The molecule has 0 bridgehead atoms. The number of hydrogen-bond acceptors (Lipinski definition) is 0. The van der Waals surface area contributed by atoms with Gasteiger partial charge in [0.15, 0.2) is 0 Å². The minimum atomic E-state index is 0.454. The van der Waals surface area contributed by atoms with Crippen molar-refractivity contribution in [1.82, 2.24) is 0 Å². The molecule has 0 amide bonds.